The number of nitrogens with zero attached hydrogens (tertiary/aromatic N) is 1. The molecule has 0 fully saturated rings. The van der Waals surface area contributed by atoms with Gasteiger partial charge in [0.25, 0.3) is 0 Å². The number of hydrogen-bond acceptors (Lipinski definition) is 2. The molecule has 106 valence electrons. The lowest BCUT2D eigenvalue weighted by atomic mass is 9.88. The quantitative estimate of drug-likeness (QED) is 0.807. The molecule has 1 unspecified atom stereocenters. The van der Waals surface area contributed by atoms with E-state index in [9.17, 15) is 0 Å². The van der Waals surface area contributed by atoms with Gasteiger partial charge in [-0.05, 0) is 29.2 Å². The van der Waals surface area contributed by atoms with Crippen molar-refractivity contribution in [2.24, 2.45) is 5.92 Å². The van der Waals surface area contributed by atoms with Crippen LogP contribution in [0, 0.1) is 5.92 Å². The molecule has 1 heterocycles. The molecule has 0 amide bonds. The van der Waals surface area contributed by atoms with E-state index in [1.54, 1.807) is 0 Å². The molecule has 0 aliphatic carbocycles. The standard InChI is InChI=1S/C18H24N2/c1-3-16(4-2)18(17-8-6-5-7-9-17)20-14-15-10-12-19-13-11-15/h5-13,16,18,20H,3-4,14H2,1-2H3. The van der Waals surface area contributed by atoms with E-state index in [-0.39, 0.29) is 0 Å². The maximum atomic E-state index is 4.07. The van der Waals surface area contributed by atoms with Crippen molar-refractivity contribution < 1.29 is 0 Å². The average Bonchev–Trinajstić information content (AvgIpc) is 2.53. The first kappa shape index (κ1) is 14.7. The van der Waals surface area contributed by atoms with Crippen LogP contribution in [0.1, 0.15) is 43.9 Å². The summed E-state index contributed by atoms with van der Waals surface area (Å²) in [4.78, 5) is 4.07. The van der Waals surface area contributed by atoms with Crippen LogP contribution >= 0.6 is 0 Å². The molecule has 1 atom stereocenters. The maximum absolute atomic E-state index is 4.07. The van der Waals surface area contributed by atoms with E-state index in [1.165, 1.54) is 24.0 Å². The van der Waals surface area contributed by atoms with Gasteiger partial charge >= 0.3 is 0 Å². The lowest BCUT2D eigenvalue weighted by Crippen LogP contribution is -2.27. The number of rotatable bonds is 7. The van der Waals surface area contributed by atoms with Crippen molar-refractivity contribution in [2.45, 2.75) is 39.3 Å². The van der Waals surface area contributed by atoms with Gasteiger partial charge in [0.1, 0.15) is 0 Å². The zero-order valence-electron chi connectivity index (χ0n) is 12.4. The SMILES string of the molecule is CCC(CC)C(NCc1ccncc1)c1ccccc1. The summed E-state index contributed by atoms with van der Waals surface area (Å²) in [6.07, 6.45) is 6.09. The van der Waals surface area contributed by atoms with Crippen LogP contribution in [0.5, 0.6) is 0 Å². The zero-order valence-corrected chi connectivity index (χ0v) is 12.4. The van der Waals surface area contributed by atoms with Crippen LogP contribution in [0.3, 0.4) is 0 Å². The summed E-state index contributed by atoms with van der Waals surface area (Å²) in [5, 5.41) is 3.73. The molecule has 0 spiro atoms. The molecular weight excluding hydrogens is 244 g/mol. The Kier molecular flexibility index (Phi) is 5.75. The third-order valence-corrected chi connectivity index (χ3v) is 3.95. The van der Waals surface area contributed by atoms with E-state index in [4.69, 9.17) is 0 Å². The highest BCUT2D eigenvalue weighted by molar-refractivity contribution is 5.20. The normalized spacial score (nSPS) is 12.6. The topological polar surface area (TPSA) is 24.9 Å². The molecule has 0 saturated heterocycles. The molecule has 0 radical (unpaired) electrons. The van der Waals surface area contributed by atoms with Crippen molar-refractivity contribution in [3.63, 3.8) is 0 Å². The number of hydrogen-bond donors (Lipinski definition) is 1. The van der Waals surface area contributed by atoms with Crippen LogP contribution < -0.4 is 5.32 Å². The molecular formula is C18H24N2. The highest BCUT2D eigenvalue weighted by Gasteiger charge is 2.19. The highest BCUT2D eigenvalue weighted by atomic mass is 14.9. The summed E-state index contributed by atoms with van der Waals surface area (Å²) in [6, 6.07) is 15.3. The summed E-state index contributed by atoms with van der Waals surface area (Å²) >= 11 is 0. The van der Waals surface area contributed by atoms with Crippen LogP contribution in [-0.4, -0.2) is 4.98 Å². The number of nitrogens with one attached hydrogen (secondary N) is 1. The fourth-order valence-electron chi connectivity index (χ4n) is 2.71. The summed E-state index contributed by atoms with van der Waals surface area (Å²) in [5.41, 5.74) is 2.67. The van der Waals surface area contributed by atoms with E-state index in [1.807, 2.05) is 12.4 Å². The van der Waals surface area contributed by atoms with Crippen molar-refractivity contribution in [1.29, 1.82) is 0 Å². The maximum Gasteiger partial charge on any atom is 0.0351 e. The summed E-state index contributed by atoms with van der Waals surface area (Å²) in [7, 11) is 0. The molecule has 0 aliphatic rings. The van der Waals surface area contributed by atoms with Crippen LogP contribution in [0.2, 0.25) is 0 Å². The molecule has 2 aromatic rings. The van der Waals surface area contributed by atoms with Crippen molar-refractivity contribution in [3.05, 3.63) is 66.0 Å². The van der Waals surface area contributed by atoms with Gasteiger partial charge in [0.05, 0.1) is 0 Å². The van der Waals surface area contributed by atoms with Gasteiger partial charge in [0.15, 0.2) is 0 Å². The summed E-state index contributed by atoms with van der Waals surface area (Å²) in [6.45, 7) is 5.44. The largest absolute Gasteiger partial charge is 0.306 e. The van der Waals surface area contributed by atoms with Crippen LogP contribution in [0.4, 0.5) is 0 Å². The Morgan fingerprint density at radius 2 is 1.60 bits per heavy atom. The van der Waals surface area contributed by atoms with Gasteiger partial charge in [-0.1, -0.05) is 57.0 Å². The number of aromatic nitrogens is 1. The predicted molar refractivity (Wildman–Crippen MR) is 84.3 cm³/mol. The molecule has 0 aliphatic heterocycles. The lowest BCUT2D eigenvalue weighted by Gasteiger charge is -2.27. The second kappa shape index (κ2) is 7.81. The fourth-order valence-corrected chi connectivity index (χ4v) is 2.71. The Balaban J connectivity index is 2.11. The molecule has 1 aromatic heterocycles. The van der Waals surface area contributed by atoms with E-state index >= 15 is 0 Å². The molecule has 0 saturated carbocycles. The van der Waals surface area contributed by atoms with E-state index in [0.717, 1.165) is 6.54 Å². The summed E-state index contributed by atoms with van der Waals surface area (Å²) < 4.78 is 0. The van der Waals surface area contributed by atoms with Gasteiger partial charge in [0.2, 0.25) is 0 Å². The van der Waals surface area contributed by atoms with Crippen molar-refractivity contribution in [3.8, 4) is 0 Å². The Hall–Kier alpha value is -1.67. The number of benzene rings is 1. The Morgan fingerprint density at radius 1 is 0.950 bits per heavy atom. The predicted octanol–water partition coefficient (Wildman–Crippen LogP) is 4.35. The lowest BCUT2D eigenvalue weighted by molar-refractivity contribution is 0.339. The minimum atomic E-state index is 0.416. The molecule has 2 heteroatoms. The second-order valence-electron chi connectivity index (χ2n) is 5.20. The average molecular weight is 268 g/mol. The molecule has 1 aromatic carbocycles. The third kappa shape index (κ3) is 3.91. The molecule has 20 heavy (non-hydrogen) atoms. The molecule has 1 N–H and O–H groups in total. The minimum Gasteiger partial charge on any atom is -0.306 e. The Bertz CT molecular complexity index is 477. The van der Waals surface area contributed by atoms with Crippen molar-refractivity contribution in [1.82, 2.24) is 10.3 Å². The second-order valence-corrected chi connectivity index (χ2v) is 5.20. The van der Waals surface area contributed by atoms with Gasteiger partial charge in [-0.3, -0.25) is 4.98 Å². The molecule has 0 bridgehead atoms. The first-order valence-electron chi connectivity index (χ1n) is 7.52. The van der Waals surface area contributed by atoms with Crippen LogP contribution in [0.15, 0.2) is 54.9 Å². The molecule has 2 nitrogen and oxygen atoms in total. The van der Waals surface area contributed by atoms with Gasteiger partial charge < -0.3 is 5.32 Å². The Labute approximate surface area is 122 Å². The monoisotopic (exact) mass is 268 g/mol. The van der Waals surface area contributed by atoms with Gasteiger partial charge in [-0.2, -0.15) is 0 Å². The first-order valence-corrected chi connectivity index (χ1v) is 7.52. The summed E-state index contributed by atoms with van der Waals surface area (Å²) in [5.74, 6) is 0.666. The van der Waals surface area contributed by atoms with Crippen LogP contribution in [-0.2, 0) is 6.54 Å². The van der Waals surface area contributed by atoms with Crippen LogP contribution in [0.25, 0.3) is 0 Å². The first-order chi connectivity index (χ1) is 9.85. The smallest absolute Gasteiger partial charge is 0.0351 e. The van der Waals surface area contributed by atoms with E-state index in [2.05, 4.69) is 66.6 Å². The van der Waals surface area contributed by atoms with Gasteiger partial charge in [-0.15, -0.1) is 0 Å². The highest BCUT2D eigenvalue weighted by Crippen LogP contribution is 2.27. The van der Waals surface area contributed by atoms with Crippen molar-refractivity contribution >= 4 is 0 Å². The Morgan fingerprint density at radius 3 is 2.20 bits per heavy atom. The minimum absolute atomic E-state index is 0.416. The van der Waals surface area contributed by atoms with Crippen molar-refractivity contribution in [2.75, 3.05) is 0 Å². The number of pyridine rings is 1. The van der Waals surface area contributed by atoms with Gasteiger partial charge in [-0.25, -0.2) is 0 Å². The fraction of sp³-hybridized carbons (Fsp3) is 0.389. The third-order valence-electron chi connectivity index (χ3n) is 3.95. The van der Waals surface area contributed by atoms with E-state index in [0.29, 0.717) is 12.0 Å². The van der Waals surface area contributed by atoms with Gasteiger partial charge in [0, 0.05) is 25.0 Å². The molecule has 2 rings (SSSR count). The van der Waals surface area contributed by atoms with E-state index < -0.39 is 0 Å². The zero-order chi connectivity index (χ0) is 14.2.